The number of aromatic nitrogens is 1. The second-order valence-corrected chi connectivity index (χ2v) is 7.19. The molecule has 0 unspecified atom stereocenters. The molecule has 1 fully saturated rings. The Morgan fingerprint density at radius 3 is 2.48 bits per heavy atom. The number of carbonyl (C=O) groups excluding carboxylic acids is 1. The Hall–Kier alpha value is -2.79. The molecule has 0 radical (unpaired) electrons. The van der Waals surface area contributed by atoms with E-state index in [1.807, 2.05) is 36.5 Å². The van der Waals surface area contributed by atoms with Gasteiger partial charge in [0, 0.05) is 44.4 Å². The van der Waals surface area contributed by atoms with E-state index in [9.17, 15) is 4.79 Å². The Labute approximate surface area is 160 Å². The Morgan fingerprint density at radius 1 is 0.963 bits per heavy atom. The number of likely N-dealkylation sites (N-methyl/N-ethyl adjacent to an activating group) is 1. The van der Waals surface area contributed by atoms with Crippen molar-refractivity contribution in [2.75, 3.05) is 44.7 Å². The molecule has 1 amide bonds. The standard InChI is InChI=1S/C22H26N4O/c1-24-13-15-25(16-14-24)21-10-9-20-8-7-19(17-26(20)21)22(27)23-12-11-18-5-3-2-4-6-18/h2-10,17H,11-16H2,1H3,(H,23,27). The van der Waals surface area contributed by atoms with Gasteiger partial charge in [-0.05, 0) is 43.3 Å². The van der Waals surface area contributed by atoms with E-state index < -0.39 is 0 Å². The second kappa shape index (κ2) is 7.84. The van der Waals surface area contributed by atoms with Gasteiger partial charge in [-0.2, -0.15) is 0 Å². The number of nitrogens with one attached hydrogen (secondary N) is 1. The van der Waals surface area contributed by atoms with E-state index in [-0.39, 0.29) is 5.91 Å². The molecule has 2 aromatic heterocycles. The SMILES string of the molecule is CN1CCN(c2ccc3ccc(C(=O)NCCc4ccccc4)cn23)CC1. The third-order valence-corrected chi connectivity index (χ3v) is 5.26. The van der Waals surface area contributed by atoms with Gasteiger partial charge in [-0.25, -0.2) is 0 Å². The van der Waals surface area contributed by atoms with Crippen LogP contribution in [-0.2, 0) is 6.42 Å². The smallest absolute Gasteiger partial charge is 0.252 e. The molecule has 5 heteroatoms. The summed E-state index contributed by atoms with van der Waals surface area (Å²) in [5, 5.41) is 3.04. The van der Waals surface area contributed by atoms with Crippen LogP contribution in [0.5, 0.6) is 0 Å². The molecular formula is C22H26N4O. The molecule has 1 aliphatic rings. The zero-order valence-corrected chi connectivity index (χ0v) is 15.8. The van der Waals surface area contributed by atoms with Crippen LogP contribution in [0.4, 0.5) is 5.82 Å². The van der Waals surface area contributed by atoms with Crippen LogP contribution in [0.2, 0.25) is 0 Å². The van der Waals surface area contributed by atoms with Crippen molar-refractivity contribution in [2.45, 2.75) is 6.42 Å². The fourth-order valence-electron chi connectivity index (χ4n) is 3.58. The lowest BCUT2D eigenvalue weighted by Crippen LogP contribution is -2.44. The molecule has 1 saturated heterocycles. The zero-order valence-electron chi connectivity index (χ0n) is 15.8. The Bertz CT molecular complexity index is 910. The fourth-order valence-corrected chi connectivity index (χ4v) is 3.58. The highest BCUT2D eigenvalue weighted by Gasteiger charge is 2.17. The van der Waals surface area contributed by atoms with Crippen molar-refractivity contribution in [1.82, 2.24) is 14.6 Å². The molecule has 5 nitrogen and oxygen atoms in total. The maximum Gasteiger partial charge on any atom is 0.252 e. The number of piperazine rings is 1. The Morgan fingerprint density at radius 2 is 1.70 bits per heavy atom. The average Bonchev–Trinajstić information content (AvgIpc) is 3.12. The third-order valence-electron chi connectivity index (χ3n) is 5.26. The van der Waals surface area contributed by atoms with E-state index in [0.717, 1.165) is 43.9 Å². The van der Waals surface area contributed by atoms with Gasteiger partial charge in [-0.1, -0.05) is 30.3 Å². The van der Waals surface area contributed by atoms with Gasteiger partial charge in [0.15, 0.2) is 0 Å². The molecule has 3 aromatic rings. The van der Waals surface area contributed by atoms with Gasteiger partial charge in [0.05, 0.1) is 5.56 Å². The molecule has 27 heavy (non-hydrogen) atoms. The van der Waals surface area contributed by atoms with Gasteiger partial charge >= 0.3 is 0 Å². The maximum atomic E-state index is 12.6. The summed E-state index contributed by atoms with van der Waals surface area (Å²) in [6.07, 6.45) is 2.80. The van der Waals surface area contributed by atoms with Crippen molar-refractivity contribution in [2.24, 2.45) is 0 Å². The Kier molecular flexibility index (Phi) is 5.12. The molecule has 1 aromatic carbocycles. The topological polar surface area (TPSA) is 40.0 Å². The number of anilines is 1. The number of rotatable bonds is 5. The van der Waals surface area contributed by atoms with Crippen molar-refractivity contribution in [3.05, 3.63) is 71.9 Å². The summed E-state index contributed by atoms with van der Waals surface area (Å²) >= 11 is 0. The third kappa shape index (κ3) is 3.98. The summed E-state index contributed by atoms with van der Waals surface area (Å²) in [6.45, 7) is 4.78. The molecule has 0 spiro atoms. The van der Waals surface area contributed by atoms with Crippen LogP contribution < -0.4 is 10.2 Å². The number of benzene rings is 1. The summed E-state index contributed by atoms with van der Waals surface area (Å²) in [5.74, 6) is 1.14. The summed E-state index contributed by atoms with van der Waals surface area (Å²) in [6, 6.07) is 18.4. The monoisotopic (exact) mass is 362 g/mol. The lowest BCUT2D eigenvalue weighted by molar-refractivity contribution is 0.0953. The summed E-state index contributed by atoms with van der Waals surface area (Å²) in [5.41, 5.74) is 3.04. The highest BCUT2D eigenvalue weighted by atomic mass is 16.1. The number of fused-ring (bicyclic) bond motifs is 1. The van der Waals surface area contributed by atoms with Crippen molar-refractivity contribution in [1.29, 1.82) is 0 Å². The van der Waals surface area contributed by atoms with Gasteiger partial charge in [-0.15, -0.1) is 0 Å². The zero-order chi connectivity index (χ0) is 18.6. The molecular weight excluding hydrogens is 336 g/mol. The van der Waals surface area contributed by atoms with Crippen molar-refractivity contribution in [3.63, 3.8) is 0 Å². The highest BCUT2D eigenvalue weighted by Crippen LogP contribution is 2.21. The van der Waals surface area contributed by atoms with Crippen LogP contribution in [0.15, 0.2) is 60.8 Å². The number of nitrogens with zero attached hydrogens (tertiary/aromatic N) is 3. The fraction of sp³-hybridized carbons (Fsp3) is 0.318. The number of amides is 1. The van der Waals surface area contributed by atoms with Crippen LogP contribution in [0.1, 0.15) is 15.9 Å². The molecule has 1 N–H and O–H groups in total. The molecule has 0 atom stereocenters. The Balaban J connectivity index is 1.45. The second-order valence-electron chi connectivity index (χ2n) is 7.19. The molecule has 3 heterocycles. The van der Waals surface area contributed by atoms with E-state index in [1.165, 1.54) is 5.56 Å². The quantitative estimate of drug-likeness (QED) is 0.759. The summed E-state index contributed by atoms with van der Waals surface area (Å²) < 4.78 is 2.14. The van der Waals surface area contributed by atoms with Crippen LogP contribution >= 0.6 is 0 Å². The van der Waals surface area contributed by atoms with Crippen molar-refractivity contribution in [3.8, 4) is 0 Å². The van der Waals surface area contributed by atoms with Gasteiger partial charge in [0.2, 0.25) is 0 Å². The molecule has 1 aliphatic heterocycles. The largest absolute Gasteiger partial charge is 0.355 e. The highest BCUT2D eigenvalue weighted by molar-refractivity contribution is 5.94. The normalized spacial score (nSPS) is 15.2. The minimum Gasteiger partial charge on any atom is -0.355 e. The van der Waals surface area contributed by atoms with Crippen molar-refractivity contribution >= 4 is 17.2 Å². The summed E-state index contributed by atoms with van der Waals surface area (Å²) in [4.78, 5) is 17.3. The minimum atomic E-state index is -0.0224. The molecule has 0 bridgehead atoms. The van der Waals surface area contributed by atoms with E-state index in [0.29, 0.717) is 12.1 Å². The minimum absolute atomic E-state index is 0.0224. The van der Waals surface area contributed by atoms with Crippen molar-refractivity contribution < 1.29 is 4.79 Å². The predicted octanol–water partition coefficient (Wildman–Crippen LogP) is 2.66. The van der Waals surface area contributed by atoms with E-state index in [1.54, 1.807) is 0 Å². The van der Waals surface area contributed by atoms with Crippen LogP contribution in [0, 0.1) is 0 Å². The van der Waals surface area contributed by atoms with E-state index in [4.69, 9.17) is 0 Å². The average molecular weight is 362 g/mol. The first kappa shape index (κ1) is 17.6. The molecule has 4 rings (SSSR count). The van der Waals surface area contributed by atoms with Gasteiger partial charge < -0.3 is 19.5 Å². The maximum absolute atomic E-state index is 12.6. The van der Waals surface area contributed by atoms with Crippen LogP contribution in [0.3, 0.4) is 0 Å². The van der Waals surface area contributed by atoms with Gasteiger partial charge in [-0.3, -0.25) is 4.79 Å². The van der Waals surface area contributed by atoms with E-state index >= 15 is 0 Å². The number of hydrogen-bond acceptors (Lipinski definition) is 3. The van der Waals surface area contributed by atoms with Gasteiger partial charge in [0.1, 0.15) is 5.82 Å². The first-order valence-corrected chi connectivity index (χ1v) is 9.57. The number of carbonyl (C=O) groups is 1. The lowest BCUT2D eigenvalue weighted by Gasteiger charge is -2.33. The predicted molar refractivity (Wildman–Crippen MR) is 110 cm³/mol. The molecule has 0 aliphatic carbocycles. The molecule has 0 saturated carbocycles. The van der Waals surface area contributed by atoms with Crippen LogP contribution in [-0.4, -0.2) is 55.0 Å². The summed E-state index contributed by atoms with van der Waals surface area (Å²) in [7, 11) is 2.16. The first-order chi connectivity index (χ1) is 13.2. The first-order valence-electron chi connectivity index (χ1n) is 9.57. The molecule has 140 valence electrons. The lowest BCUT2D eigenvalue weighted by atomic mass is 10.1. The van der Waals surface area contributed by atoms with Crippen LogP contribution in [0.25, 0.3) is 5.52 Å². The van der Waals surface area contributed by atoms with E-state index in [2.05, 4.69) is 50.8 Å². The van der Waals surface area contributed by atoms with Gasteiger partial charge in [0.25, 0.3) is 5.91 Å². The number of pyridine rings is 1. The number of hydrogen-bond donors (Lipinski definition) is 1.